The van der Waals surface area contributed by atoms with E-state index in [0.717, 1.165) is 11.8 Å². The summed E-state index contributed by atoms with van der Waals surface area (Å²) in [6, 6.07) is 1.84. The number of nitrogens with zero attached hydrogens (tertiary/aromatic N) is 1. The predicted molar refractivity (Wildman–Crippen MR) is 36.8 cm³/mol. The maximum Gasteiger partial charge on any atom is 0.209 e. The van der Waals surface area contributed by atoms with E-state index in [4.69, 9.17) is 4.74 Å². The number of nitrogens with one attached hydrogen (secondary N) is 1. The van der Waals surface area contributed by atoms with Crippen LogP contribution in [0.5, 0.6) is 5.88 Å². The van der Waals surface area contributed by atoms with Gasteiger partial charge in [0, 0.05) is 6.07 Å². The molecule has 1 heterocycles. The van der Waals surface area contributed by atoms with Gasteiger partial charge in [-0.1, -0.05) is 6.92 Å². The van der Waals surface area contributed by atoms with Crippen molar-refractivity contribution in [2.45, 2.75) is 19.4 Å². The Bertz CT molecular complexity index is 207. The quantitative estimate of drug-likeness (QED) is 0.666. The van der Waals surface area contributed by atoms with Crippen LogP contribution in [0.15, 0.2) is 12.3 Å². The van der Waals surface area contributed by atoms with Crippen molar-refractivity contribution in [2.75, 3.05) is 0 Å². The second kappa shape index (κ2) is 2.01. The van der Waals surface area contributed by atoms with E-state index in [0.29, 0.717) is 6.10 Å². The Morgan fingerprint density at radius 3 is 3.10 bits per heavy atom. The lowest BCUT2D eigenvalue weighted by atomic mass is 10.5. The maximum absolute atomic E-state index is 5.46. The molecule has 3 heteroatoms. The number of rotatable bonds is 2. The molecule has 0 aromatic carbocycles. The van der Waals surface area contributed by atoms with Gasteiger partial charge in [-0.05, 0) is 12.3 Å². The highest BCUT2D eigenvalue weighted by atomic mass is 16.5. The minimum atomic E-state index is 0.431. The van der Waals surface area contributed by atoms with Crippen LogP contribution in [0.4, 0.5) is 0 Å². The van der Waals surface area contributed by atoms with Crippen molar-refractivity contribution < 1.29 is 4.74 Å². The Morgan fingerprint density at radius 2 is 2.60 bits per heavy atom. The third-order valence-corrected chi connectivity index (χ3v) is 1.79. The second-order valence-electron chi connectivity index (χ2n) is 2.79. The van der Waals surface area contributed by atoms with Crippen LogP contribution in [0.2, 0.25) is 0 Å². The molecule has 1 fully saturated rings. The summed E-state index contributed by atoms with van der Waals surface area (Å²) in [5.74, 6) is 1.51. The molecule has 2 atom stereocenters. The smallest absolute Gasteiger partial charge is 0.209 e. The van der Waals surface area contributed by atoms with Crippen LogP contribution in [0.1, 0.15) is 13.3 Å². The molecule has 3 nitrogen and oxygen atoms in total. The van der Waals surface area contributed by atoms with E-state index in [1.165, 1.54) is 6.42 Å². The normalized spacial score (nSPS) is 30.1. The van der Waals surface area contributed by atoms with Crippen molar-refractivity contribution in [2.24, 2.45) is 5.92 Å². The molecule has 0 aliphatic heterocycles. The highest BCUT2D eigenvalue weighted by molar-refractivity contribution is 5.06. The summed E-state index contributed by atoms with van der Waals surface area (Å²) in [6.45, 7) is 2.18. The number of H-pyrrole nitrogens is 1. The van der Waals surface area contributed by atoms with E-state index in [-0.39, 0.29) is 0 Å². The molecule has 1 aliphatic rings. The number of ether oxygens (including phenoxy) is 1. The molecular formula is C7H10N2O. The Morgan fingerprint density at radius 1 is 1.80 bits per heavy atom. The summed E-state index contributed by atoms with van der Waals surface area (Å²) >= 11 is 0. The fourth-order valence-electron chi connectivity index (χ4n) is 0.924. The van der Waals surface area contributed by atoms with Crippen LogP contribution in [0, 0.1) is 5.92 Å². The van der Waals surface area contributed by atoms with Crippen molar-refractivity contribution in [3.05, 3.63) is 12.3 Å². The van der Waals surface area contributed by atoms with Gasteiger partial charge in [0.1, 0.15) is 6.10 Å². The zero-order chi connectivity index (χ0) is 6.97. The fourth-order valence-corrected chi connectivity index (χ4v) is 0.924. The molecule has 54 valence electrons. The Kier molecular flexibility index (Phi) is 1.16. The van der Waals surface area contributed by atoms with Gasteiger partial charge in [0.05, 0.1) is 6.20 Å². The van der Waals surface area contributed by atoms with Gasteiger partial charge in [-0.3, -0.25) is 0 Å². The van der Waals surface area contributed by atoms with Crippen molar-refractivity contribution in [3.8, 4) is 5.88 Å². The zero-order valence-electron chi connectivity index (χ0n) is 5.87. The highest BCUT2D eigenvalue weighted by Crippen LogP contribution is 2.32. The Hall–Kier alpha value is -0.990. The summed E-state index contributed by atoms with van der Waals surface area (Å²) in [5, 5.41) is 6.53. The van der Waals surface area contributed by atoms with Gasteiger partial charge < -0.3 is 4.74 Å². The van der Waals surface area contributed by atoms with Crippen LogP contribution >= 0.6 is 0 Å². The van der Waals surface area contributed by atoms with E-state index in [9.17, 15) is 0 Å². The van der Waals surface area contributed by atoms with Gasteiger partial charge in [0.2, 0.25) is 5.88 Å². The monoisotopic (exact) mass is 138 g/mol. The molecular weight excluding hydrogens is 128 g/mol. The Labute approximate surface area is 59.4 Å². The van der Waals surface area contributed by atoms with Crippen molar-refractivity contribution >= 4 is 0 Å². The van der Waals surface area contributed by atoms with Gasteiger partial charge in [0.25, 0.3) is 0 Å². The summed E-state index contributed by atoms with van der Waals surface area (Å²) in [5.41, 5.74) is 0. The maximum atomic E-state index is 5.46. The number of hydrogen-bond acceptors (Lipinski definition) is 2. The second-order valence-corrected chi connectivity index (χ2v) is 2.79. The van der Waals surface area contributed by atoms with Crippen LogP contribution in [0.25, 0.3) is 0 Å². The predicted octanol–water partition coefficient (Wildman–Crippen LogP) is 1.20. The first-order valence-corrected chi connectivity index (χ1v) is 3.52. The zero-order valence-corrected chi connectivity index (χ0v) is 5.87. The number of hydrogen-bond donors (Lipinski definition) is 1. The molecule has 0 saturated heterocycles. The van der Waals surface area contributed by atoms with Crippen LogP contribution in [-0.2, 0) is 0 Å². The molecule has 1 aromatic rings. The third-order valence-electron chi connectivity index (χ3n) is 1.79. The first-order chi connectivity index (χ1) is 4.86. The summed E-state index contributed by atoms with van der Waals surface area (Å²) in [6.07, 6.45) is 3.31. The van der Waals surface area contributed by atoms with Gasteiger partial charge in [-0.15, -0.1) is 0 Å². The van der Waals surface area contributed by atoms with Crippen molar-refractivity contribution in [1.82, 2.24) is 10.2 Å². The van der Waals surface area contributed by atoms with Crippen LogP contribution in [0.3, 0.4) is 0 Å². The van der Waals surface area contributed by atoms with Crippen LogP contribution < -0.4 is 4.74 Å². The summed E-state index contributed by atoms with van der Waals surface area (Å²) in [7, 11) is 0. The molecule has 10 heavy (non-hydrogen) atoms. The van der Waals surface area contributed by atoms with Gasteiger partial charge in [-0.25, -0.2) is 5.10 Å². The molecule has 0 radical (unpaired) electrons. The third kappa shape index (κ3) is 0.988. The Balaban J connectivity index is 1.93. The van der Waals surface area contributed by atoms with Crippen molar-refractivity contribution in [1.29, 1.82) is 0 Å². The largest absolute Gasteiger partial charge is 0.474 e. The van der Waals surface area contributed by atoms with Gasteiger partial charge in [0.15, 0.2) is 0 Å². The lowest BCUT2D eigenvalue weighted by molar-refractivity contribution is 0.276. The molecule has 1 aromatic heterocycles. The molecule has 0 amide bonds. The highest BCUT2D eigenvalue weighted by Gasteiger charge is 2.35. The minimum absolute atomic E-state index is 0.431. The molecule has 1 N–H and O–H groups in total. The molecule has 0 bridgehead atoms. The fraction of sp³-hybridized carbons (Fsp3) is 0.571. The van der Waals surface area contributed by atoms with Crippen molar-refractivity contribution in [3.63, 3.8) is 0 Å². The molecule has 2 rings (SSSR count). The van der Waals surface area contributed by atoms with E-state index in [2.05, 4.69) is 17.1 Å². The standard InChI is InChI=1S/C7H10N2O/c1-5-4-6(5)10-7-2-3-8-9-7/h2-3,5-6H,4H2,1H3,(H,8,9)/t5-,6-/m0/s1. The lowest BCUT2D eigenvalue weighted by Crippen LogP contribution is -1.98. The number of aromatic amines is 1. The first kappa shape index (κ1) is 5.77. The molecule has 0 unspecified atom stereocenters. The molecule has 1 saturated carbocycles. The van der Waals surface area contributed by atoms with E-state index >= 15 is 0 Å². The van der Waals surface area contributed by atoms with E-state index < -0.39 is 0 Å². The van der Waals surface area contributed by atoms with Crippen LogP contribution in [-0.4, -0.2) is 16.3 Å². The first-order valence-electron chi connectivity index (χ1n) is 3.52. The van der Waals surface area contributed by atoms with Gasteiger partial charge in [-0.2, -0.15) is 5.10 Å². The SMILES string of the molecule is C[C@H]1C[C@@H]1Oc1ccn[nH]1. The van der Waals surface area contributed by atoms with Gasteiger partial charge >= 0.3 is 0 Å². The molecule has 0 spiro atoms. The topological polar surface area (TPSA) is 37.9 Å². The average molecular weight is 138 g/mol. The molecule has 1 aliphatic carbocycles. The summed E-state index contributed by atoms with van der Waals surface area (Å²) in [4.78, 5) is 0. The van der Waals surface area contributed by atoms with E-state index in [1.807, 2.05) is 6.07 Å². The average Bonchev–Trinajstić information content (AvgIpc) is 2.48. The van der Waals surface area contributed by atoms with E-state index in [1.54, 1.807) is 6.20 Å². The lowest BCUT2D eigenvalue weighted by Gasteiger charge is -1.98. The minimum Gasteiger partial charge on any atom is -0.474 e. The number of aromatic nitrogens is 2. The summed E-state index contributed by atoms with van der Waals surface area (Å²) < 4.78 is 5.46.